The lowest BCUT2D eigenvalue weighted by Gasteiger charge is -2.16. The van der Waals surface area contributed by atoms with Gasteiger partial charge < -0.3 is 4.74 Å². The predicted octanol–water partition coefficient (Wildman–Crippen LogP) is 0.787. The number of hydrogen-bond acceptors (Lipinski definition) is 4. The zero-order valence-electron chi connectivity index (χ0n) is 6.46. The van der Waals surface area contributed by atoms with Crippen molar-refractivity contribution in [3.63, 3.8) is 0 Å². The van der Waals surface area contributed by atoms with Crippen molar-refractivity contribution in [1.82, 2.24) is 0 Å². The van der Waals surface area contributed by atoms with Crippen LogP contribution in [-0.4, -0.2) is 17.8 Å². The smallest absolute Gasteiger partial charge is 0.332 e. The Balaban J connectivity index is 4.22. The number of carbonyl (C=O) groups is 1. The van der Waals surface area contributed by atoms with Gasteiger partial charge in [0.15, 0.2) is 0 Å². The van der Waals surface area contributed by atoms with Crippen LogP contribution in [0.1, 0.15) is 13.8 Å². The molecule has 0 saturated carbocycles. The number of esters is 1. The summed E-state index contributed by atoms with van der Waals surface area (Å²) in [4.78, 5) is 23.6. The largest absolute Gasteiger partial charge is 0.434 e. The molecule has 0 rings (SSSR count). The van der Waals surface area contributed by atoms with Crippen LogP contribution in [0.4, 0.5) is 0 Å². The number of carbonyl (C=O) groups excluding carboxylic acids is 2. The molecule has 0 amide bonds. The minimum Gasteiger partial charge on any atom is -0.434 e. The molecule has 0 aliphatic rings. The van der Waals surface area contributed by atoms with Gasteiger partial charge in [0.25, 0.3) is 0 Å². The second kappa shape index (κ2) is 3.68. The summed E-state index contributed by atoms with van der Waals surface area (Å²) in [6, 6.07) is 0. The molecule has 0 heterocycles. The fourth-order valence-electron chi connectivity index (χ4n) is 0.421. The van der Waals surface area contributed by atoms with Crippen molar-refractivity contribution in [2.24, 2.45) is 4.99 Å². The van der Waals surface area contributed by atoms with E-state index in [0.717, 1.165) is 6.08 Å². The molecule has 0 aliphatic heterocycles. The topological polar surface area (TPSA) is 55.7 Å². The number of rotatable bonds is 3. The highest BCUT2D eigenvalue weighted by Crippen LogP contribution is 2.09. The van der Waals surface area contributed by atoms with Gasteiger partial charge in [-0.3, -0.25) is 0 Å². The van der Waals surface area contributed by atoms with Crippen molar-refractivity contribution in [2.45, 2.75) is 19.6 Å². The van der Waals surface area contributed by atoms with Crippen LogP contribution in [0.25, 0.3) is 0 Å². The van der Waals surface area contributed by atoms with E-state index < -0.39 is 11.7 Å². The van der Waals surface area contributed by atoms with Crippen LogP contribution in [0.2, 0.25) is 0 Å². The Hall–Kier alpha value is -1.41. The monoisotopic (exact) mass is 155 g/mol. The van der Waals surface area contributed by atoms with E-state index in [1.54, 1.807) is 0 Å². The fourth-order valence-corrected chi connectivity index (χ4v) is 0.421. The summed E-state index contributed by atoms with van der Waals surface area (Å²) in [5, 5.41) is 0. The van der Waals surface area contributed by atoms with Gasteiger partial charge in [-0.2, -0.15) is 4.99 Å². The third-order valence-corrected chi connectivity index (χ3v) is 0.832. The minimum atomic E-state index is -1.15. The van der Waals surface area contributed by atoms with Crippen LogP contribution >= 0.6 is 0 Å². The lowest BCUT2D eigenvalue weighted by Crippen LogP contribution is -2.24. The van der Waals surface area contributed by atoms with Crippen molar-refractivity contribution in [1.29, 1.82) is 0 Å². The third-order valence-electron chi connectivity index (χ3n) is 0.832. The lowest BCUT2D eigenvalue weighted by atomic mass is 10.3. The molecular weight excluding hydrogens is 146 g/mol. The van der Waals surface area contributed by atoms with E-state index in [0.29, 0.717) is 0 Å². The Morgan fingerprint density at radius 3 is 2.64 bits per heavy atom. The summed E-state index contributed by atoms with van der Waals surface area (Å²) in [5.74, 6) is -0.617. The number of isocyanates is 1. The fraction of sp³-hybridized carbons (Fsp3) is 0.429. The first-order valence-electron chi connectivity index (χ1n) is 2.96. The average molecular weight is 155 g/mol. The summed E-state index contributed by atoms with van der Waals surface area (Å²) in [7, 11) is 0. The van der Waals surface area contributed by atoms with Crippen molar-refractivity contribution in [3.05, 3.63) is 12.7 Å². The molecule has 0 unspecified atom stereocenters. The van der Waals surface area contributed by atoms with Gasteiger partial charge in [0.1, 0.15) is 0 Å². The van der Waals surface area contributed by atoms with Crippen molar-refractivity contribution in [2.75, 3.05) is 0 Å². The van der Waals surface area contributed by atoms with Crippen LogP contribution in [0.15, 0.2) is 17.6 Å². The van der Waals surface area contributed by atoms with Crippen molar-refractivity contribution in [3.8, 4) is 0 Å². The molecule has 60 valence electrons. The molecule has 4 nitrogen and oxygen atoms in total. The second-order valence-corrected chi connectivity index (χ2v) is 2.28. The normalized spacial score (nSPS) is 9.64. The highest BCUT2D eigenvalue weighted by molar-refractivity contribution is 5.81. The maximum Gasteiger partial charge on any atom is 0.332 e. The number of aliphatic imine (C=N–C) groups is 1. The molecule has 0 fully saturated rings. The van der Waals surface area contributed by atoms with Crippen molar-refractivity contribution < 1.29 is 14.3 Å². The van der Waals surface area contributed by atoms with Gasteiger partial charge in [0.2, 0.25) is 11.8 Å². The molecule has 11 heavy (non-hydrogen) atoms. The molecule has 0 saturated heterocycles. The van der Waals surface area contributed by atoms with Gasteiger partial charge in [-0.15, -0.1) is 0 Å². The van der Waals surface area contributed by atoms with Crippen LogP contribution in [0, 0.1) is 0 Å². The summed E-state index contributed by atoms with van der Waals surface area (Å²) < 4.78 is 4.64. The predicted molar refractivity (Wildman–Crippen MR) is 38.5 cm³/mol. The van der Waals surface area contributed by atoms with Gasteiger partial charge in [-0.25, -0.2) is 9.59 Å². The Morgan fingerprint density at radius 1 is 1.73 bits per heavy atom. The third kappa shape index (κ3) is 4.06. The first-order chi connectivity index (χ1) is 5.02. The SMILES string of the molecule is C=CC(=O)OC(C)(C)N=C=O. The number of ether oxygens (including phenoxy) is 1. The van der Waals surface area contributed by atoms with Crippen molar-refractivity contribution >= 4 is 12.0 Å². The maximum absolute atomic E-state index is 10.6. The molecule has 0 atom stereocenters. The average Bonchev–Trinajstić information content (AvgIpc) is 1.86. The van der Waals surface area contributed by atoms with E-state index in [2.05, 4.69) is 16.3 Å². The van der Waals surface area contributed by atoms with E-state index in [-0.39, 0.29) is 0 Å². The van der Waals surface area contributed by atoms with E-state index in [4.69, 9.17) is 0 Å². The molecular formula is C7H9NO3. The Bertz CT molecular complexity index is 214. The molecule has 0 aromatic rings. The molecule has 0 radical (unpaired) electrons. The summed E-state index contributed by atoms with van der Waals surface area (Å²) in [5.41, 5.74) is -1.15. The standard InChI is InChI=1S/C7H9NO3/c1-4-6(10)11-7(2,3)8-5-9/h4H,1H2,2-3H3. The highest BCUT2D eigenvalue weighted by atomic mass is 16.6. The summed E-state index contributed by atoms with van der Waals surface area (Å²) in [6.45, 7) is 6.13. The van der Waals surface area contributed by atoms with Gasteiger partial charge in [0, 0.05) is 6.08 Å². The Kier molecular flexibility index (Phi) is 3.21. The summed E-state index contributed by atoms with van der Waals surface area (Å²) in [6.07, 6.45) is 2.30. The number of hydrogen-bond donors (Lipinski definition) is 0. The minimum absolute atomic E-state index is 0.617. The molecule has 0 aromatic heterocycles. The first-order valence-corrected chi connectivity index (χ1v) is 2.96. The lowest BCUT2D eigenvalue weighted by molar-refractivity contribution is -0.149. The molecule has 0 spiro atoms. The quantitative estimate of drug-likeness (QED) is 0.262. The van der Waals surface area contributed by atoms with Gasteiger partial charge >= 0.3 is 5.97 Å². The van der Waals surface area contributed by atoms with E-state index in [1.165, 1.54) is 19.9 Å². The van der Waals surface area contributed by atoms with E-state index >= 15 is 0 Å². The van der Waals surface area contributed by atoms with Crippen LogP contribution < -0.4 is 0 Å². The van der Waals surface area contributed by atoms with Crippen LogP contribution in [0.5, 0.6) is 0 Å². The maximum atomic E-state index is 10.6. The van der Waals surface area contributed by atoms with E-state index in [1.807, 2.05) is 0 Å². The molecule has 0 bridgehead atoms. The molecule has 0 N–H and O–H groups in total. The van der Waals surface area contributed by atoms with Crippen LogP contribution in [0.3, 0.4) is 0 Å². The second-order valence-electron chi connectivity index (χ2n) is 2.28. The zero-order chi connectivity index (χ0) is 8.91. The Morgan fingerprint density at radius 2 is 2.27 bits per heavy atom. The number of nitrogens with zero attached hydrogens (tertiary/aromatic N) is 1. The van der Waals surface area contributed by atoms with E-state index in [9.17, 15) is 9.59 Å². The van der Waals surface area contributed by atoms with Gasteiger partial charge in [-0.1, -0.05) is 6.58 Å². The Labute approximate surface area is 64.6 Å². The molecule has 0 aliphatic carbocycles. The molecule has 0 aromatic carbocycles. The molecule has 4 heteroatoms. The van der Waals surface area contributed by atoms with Gasteiger partial charge in [-0.05, 0) is 13.8 Å². The first kappa shape index (κ1) is 9.59. The van der Waals surface area contributed by atoms with Crippen LogP contribution in [-0.2, 0) is 14.3 Å². The zero-order valence-corrected chi connectivity index (χ0v) is 6.46. The van der Waals surface area contributed by atoms with Gasteiger partial charge in [0.05, 0.1) is 0 Å². The highest BCUT2D eigenvalue weighted by Gasteiger charge is 2.19. The summed E-state index contributed by atoms with van der Waals surface area (Å²) >= 11 is 0.